The molecule has 0 amide bonds. The van der Waals surface area contributed by atoms with Crippen molar-refractivity contribution in [2.75, 3.05) is 61.3 Å². The fourth-order valence-electron chi connectivity index (χ4n) is 4.37. The maximum absolute atomic E-state index is 13.5. The van der Waals surface area contributed by atoms with E-state index in [1.807, 2.05) is 22.8 Å². The van der Waals surface area contributed by atoms with Gasteiger partial charge in [-0.2, -0.15) is 15.1 Å². The number of nitrogens with two attached hydrogens (primary N) is 1. The minimum Gasteiger partial charge on any atom is -0.389 e. The number of hydrogen-bond donors (Lipinski definition) is 2. The molecule has 0 saturated carbocycles. The van der Waals surface area contributed by atoms with Crippen molar-refractivity contribution in [1.29, 1.82) is 0 Å². The summed E-state index contributed by atoms with van der Waals surface area (Å²) in [4.78, 5) is 15.1. The number of halogens is 2. The number of β-amino-alcohol motifs (C(OH)–C–C–N with tert-alkyl or cyclic N) is 1. The van der Waals surface area contributed by atoms with Gasteiger partial charge in [0.2, 0.25) is 0 Å². The van der Waals surface area contributed by atoms with Gasteiger partial charge in [0, 0.05) is 69.2 Å². The van der Waals surface area contributed by atoms with Crippen LogP contribution in [0, 0.1) is 18.6 Å². The zero-order valence-electron chi connectivity index (χ0n) is 19.5. The summed E-state index contributed by atoms with van der Waals surface area (Å²) in [5.41, 5.74) is 8.41. The van der Waals surface area contributed by atoms with Gasteiger partial charge in [0.25, 0.3) is 5.95 Å². The third-order valence-electron chi connectivity index (χ3n) is 6.39. The van der Waals surface area contributed by atoms with Gasteiger partial charge in [0.1, 0.15) is 23.3 Å². The van der Waals surface area contributed by atoms with E-state index in [0.717, 1.165) is 37.0 Å². The van der Waals surface area contributed by atoms with Crippen molar-refractivity contribution >= 4 is 23.4 Å². The first-order chi connectivity index (χ1) is 16.9. The lowest BCUT2D eigenvalue weighted by Gasteiger charge is -2.36. The Balaban J connectivity index is 1.20. The summed E-state index contributed by atoms with van der Waals surface area (Å²) in [6, 6.07) is 5.33. The smallest absolute Gasteiger partial charge is 0.254 e. The summed E-state index contributed by atoms with van der Waals surface area (Å²) in [5.74, 6) is 0.299. The number of aliphatic hydroxyl groups excluding tert-OH is 1. The highest BCUT2D eigenvalue weighted by atomic mass is 19.1. The van der Waals surface area contributed by atoms with Crippen LogP contribution in [0.1, 0.15) is 11.3 Å². The van der Waals surface area contributed by atoms with Gasteiger partial charge < -0.3 is 20.6 Å². The van der Waals surface area contributed by atoms with Gasteiger partial charge in [0.05, 0.1) is 18.0 Å². The monoisotopic (exact) mass is 482 g/mol. The number of nitrogen functional groups attached to an aromatic ring is 1. The Bertz CT molecular complexity index is 1210. The Morgan fingerprint density at radius 3 is 2.43 bits per heavy atom. The van der Waals surface area contributed by atoms with Gasteiger partial charge >= 0.3 is 0 Å². The predicted molar refractivity (Wildman–Crippen MR) is 131 cm³/mol. The van der Waals surface area contributed by atoms with Crippen molar-refractivity contribution in [1.82, 2.24) is 24.6 Å². The lowest BCUT2D eigenvalue weighted by atomic mass is 10.2. The maximum Gasteiger partial charge on any atom is 0.254 e. The molecule has 0 radical (unpaired) electrons. The van der Waals surface area contributed by atoms with Crippen LogP contribution in [0.3, 0.4) is 0 Å². The van der Waals surface area contributed by atoms with Crippen molar-refractivity contribution < 1.29 is 13.9 Å². The van der Waals surface area contributed by atoms with Gasteiger partial charge in [-0.15, -0.1) is 0 Å². The van der Waals surface area contributed by atoms with Crippen molar-refractivity contribution in [3.63, 3.8) is 0 Å². The molecule has 1 aromatic carbocycles. The molecule has 4 heterocycles. The molecule has 11 heteroatoms. The molecule has 0 spiro atoms. The molecule has 2 aliphatic heterocycles. The molecule has 0 bridgehead atoms. The lowest BCUT2D eigenvalue weighted by molar-refractivity contribution is 0.141. The molecule has 0 unspecified atom stereocenters. The van der Waals surface area contributed by atoms with Crippen LogP contribution >= 0.6 is 0 Å². The van der Waals surface area contributed by atoms with Crippen LogP contribution in [-0.2, 0) is 0 Å². The number of benzene rings is 1. The molecule has 9 nitrogen and oxygen atoms in total. The fraction of sp³-hybridized carbons (Fsp3) is 0.375. The Hall–Kier alpha value is -3.57. The van der Waals surface area contributed by atoms with E-state index < -0.39 is 11.6 Å². The van der Waals surface area contributed by atoms with Crippen LogP contribution in [0.4, 0.5) is 26.1 Å². The summed E-state index contributed by atoms with van der Waals surface area (Å²) < 4.78 is 28.7. The largest absolute Gasteiger partial charge is 0.389 e. The highest BCUT2D eigenvalue weighted by molar-refractivity contribution is 5.54. The normalized spacial score (nSPS) is 17.4. The molecular formula is C24H28F2N8O. The maximum atomic E-state index is 13.5. The second-order valence-corrected chi connectivity index (χ2v) is 8.92. The van der Waals surface area contributed by atoms with E-state index in [4.69, 9.17) is 5.73 Å². The van der Waals surface area contributed by atoms with Gasteiger partial charge in [-0.3, -0.25) is 4.90 Å². The molecule has 3 N–H and O–H groups in total. The fourth-order valence-corrected chi connectivity index (χ4v) is 4.37. The highest BCUT2D eigenvalue weighted by Gasteiger charge is 2.26. The minimum absolute atomic E-state index is 0.342. The van der Waals surface area contributed by atoms with Crippen molar-refractivity contribution in [2.45, 2.75) is 13.0 Å². The quantitative estimate of drug-likeness (QED) is 0.549. The van der Waals surface area contributed by atoms with E-state index in [-0.39, 0.29) is 6.10 Å². The highest BCUT2D eigenvalue weighted by Crippen LogP contribution is 2.23. The third kappa shape index (κ3) is 5.10. The molecule has 2 aliphatic rings. The third-order valence-corrected chi connectivity index (χ3v) is 6.39. The second kappa shape index (κ2) is 9.59. The Labute approximate surface area is 202 Å². The summed E-state index contributed by atoms with van der Waals surface area (Å²) in [6.45, 7) is 6.76. The molecule has 184 valence electrons. The first-order valence-electron chi connectivity index (χ1n) is 11.6. The average molecular weight is 483 g/mol. The van der Waals surface area contributed by atoms with E-state index >= 15 is 0 Å². The Kier molecular flexibility index (Phi) is 6.35. The molecule has 35 heavy (non-hydrogen) atoms. The molecule has 0 atom stereocenters. The zero-order valence-corrected chi connectivity index (χ0v) is 19.5. The van der Waals surface area contributed by atoms with E-state index in [9.17, 15) is 13.9 Å². The summed E-state index contributed by atoms with van der Waals surface area (Å²) in [6.07, 6.45) is 5.53. The van der Waals surface area contributed by atoms with Crippen LogP contribution in [0.2, 0.25) is 0 Å². The Morgan fingerprint density at radius 2 is 1.74 bits per heavy atom. The predicted octanol–water partition coefficient (Wildman–Crippen LogP) is 1.85. The second-order valence-electron chi connectivity index (χ2n) is 8.92. The number of piperazine rings is 1. The number of aromatic nitrogens is 4. The SMILES string of the molecule is Cc1c(C=CCN2CCN(c3cc(F)cc(F)c3)CC2)cnn1-c1nc(N)cc(N2CC(O)C2)n1. The molecule has 2 fully saturated rings. The van der Waals surface area contributed by atoms with Crippen molar-refractivity contribution in [2.24, 2.45) is 0 Å². The van der Waals surface area contributed by atoms with E-state index in [2.05, 4.69) is 26.0 Å². The summed E-state index contributed by atoms with van der Waals surface area (Å²) in [7, 11) is 0. The summed E-state index contributed by atoms with van der Waals surface area (Å²) >= 11 is 0. The van der Waals surface area contributed by atoms with Gasteiger partial charge in [-0.25, -0.2) is 13.5 Å². The van der Waals surface area contributed by atoms with Gasteiger partial charge in [-0.05, 0) is 19.1 Å². The lowest BCUT2D eigenvalue weighted by Crippen LogP contribution is -2.51. The van der Waals surface area contributed by atoms with Crippen LogP contribution in [0.25, 0.3) is 12.0 Å². The Morgan fingerprint density at radius 1 is 1.03 bits per heavy atom. The molecule has 2 aromatic heterocycles. The van der Waals surface area contributed by atoms with E-state index in [1.165, 1.54) is 12.1 Å². The molecule has 3 aromatic rings. The summed E-state index contributed by atoms with van der Waals surface area (Å²) in [5, 5.41) is 14.0. The van der Waals surface area contributed by atoms with Crippen LogP contribution < -0.4 is 15.5 Å². The van der Waals surface area contributed by atoms with Gasteiger partial charge in [-0.1, -0.05) is 12.2 Å². The van der Waals surface area contributed by atoms with E-state index in [1.54, 1.807) is 16.9 Å². The van der Waals surface area contributed by atoms with Crippen molar-refractivity contribution in [3.05, 3.63) is 59.4 Å². The molecule has 0 aliphatic carbocycles. The molecule has 5 rings (SSSR count). The van der Waals surface area contributed by atoms with Crippen LogP contribution in [0.5, 0.6) is 0 Å². The number of hydrogen-bond acceptors (Lipinski definition) is 8. The number of rotatable bonds is 6. The first kappa shape index (κ1) is 23.2. The topological polar surface area (TPSA) is 99.6 Å². The first-order valence-corrected chi connectivity index (χ1v) is 11.6. The van der Waals surface area contributed by atoms with E-state index in [0.29, 0.717) is 49.5 Å². The molecular weight excluding hydrogens is 454 g/mol. The average Bonchev–Trinajstić information content (AvgIpc) is 3.16. The van der Waals surface area contributed by atoms with Gasteiger partial charge in [0.15, 0.2) is 0 Å². The van der Waals surface area contributed by atoms with Crippen LogP contribution in [0.15, 0.2) is 36.5 Å². The number of anilines is 3. The molecule has 2 saturated heterocycles. The number of aliphatic hydroxyl groups is 1. The van der Waals surface area contributed by atoms with Crippen molar-refractivity contribution in [3.8, 4) is 5.95 Å². The standard InChI is InChI=1S/C24H28F2N8O/c1-16-17(13-28-34(16)24-29-22(27)12-23(30-24)33-14-21(35)15-33)3-2-4-31-5-7-32(8-6-31)20-10-18(25)9-19(26)11-20/h2-3,9-13,21,35H,4-8,14-15H2,1H3,(H2,27,29,30). The minimum atomic E-state index is -0.555. The van der Waals surface area contributed by atoms with Crippen LogP contribution in [-0.4, -0.2) is 81.7 Å². The number of nitrogens with zero attached hydrogens (tertiary/aromatic N) is 7. The zero-order chi connectivity index (χ0) is 24.5.